The predicted molar refractivity (Wildman–Crippen MR) is 120 cm³/mol. The molecule has 1 atom stereocenters. The molecule has 0 saturated heterocycles. The number of nitrogens with zero attached hydrogens (tertiary/aromatic N) is 7. The van der Waals surface area contributed by atoms with Crippen LogP contribution in [-0.4, -0.2) is 40.2 Å². The van der Waals surface area contributed by atoms with Crippen molar-refractivity contribution in [3.63, 3.8) is 0 Å². The minimum Gasteiger partial charge on any atom is -0.378 e. The first-order chi connectivity index (χ1) is 15.6. The number of carbonyl (C=O) groups is 1. The van der Waals surface area contributed by atoms with Crippen LogP contribution in [0.5, 0.6) is 0 Å². The Bertz CT molecular complexity index is 1200. The van der Waals surface area contributed by atoms with E-state index in [-0.39, 0.29) is 11.9 Å². The standard InChI is InChI=1S/C22H25N9O/c1-4-31-11-10-24-20(31)15(2)27-22(32)16-6-5-7-17(12-16)25-13-19-28-29-21(30(19)3)18-8-9-23-14-26-18/h5-12,14-15,25H,4,13H2,1-3H3,(H,27,32). The molecule has 4 rings (SSSR count). The van der Waals surface area contributed by atoms with Crippen LogP contribution in [0.2, 0.25) is 0 Å². The molecule has 0 spiro atoms. The maximum atomic E-state index is 12.8. The topological polar surface area (TPSA) is 115 Å². The van der Waals surface area contributed by atoms with Crippen molar-refractivity contribution in [2.24, 2.45) is 7.05 Å². The summed E-state index contributed by atoms with van der Waals surface area (Å²) in [4.78, 5) is 25.3. The highest BCUT2D eigenvalue weighted by atomic mass is 16.1. The molecule has 0 fully saturated rings. The molecular formula is C22H25N9O. The first-order valence-electron chi connectivity index (χ1n) is 10.4. The smallest absolute Gasteiger partial charge is 0.251 e. The van der Waals surface area contributed by atoms with Crippen LogP contribution in [0, 0.1) is 0 Å². The minimum absolute atomic E-state index is 0.156. The Kier molecular flexibility index (Phi) is 6.20. The van der Waals surface area contributed by atoms with Gasteiger partial charge in [0.05, 0.1) is 12.6 Å². The molecule has 3 heterocycles. The van der Waals surface area contributed by atoms with Crippen molar-refractivity contribution in [3.05, 3.63) is 72.5 Å². The van der Waals surface area contributed by atoms with Gasteiger partial charge in [-0.1, -0.05) is 6.07 Å². The third-order valence-corrected chi connectivity index (χ3v) is 5.17. The van der Waals surface area contributed by atoms with Gasteiger partial charge in [-0.25, -0.2) is 15.0 Å². The summed E-state index contributed by atoms with van der Waals surface area (Å²) in [5, 5.41) is 14.8. The molecule has 0 aliphatic carbocycles. The number of benzene rings is 1. The van der Waals surface area contributed by atoms with Gasteiger partial charge < -0.3 is 19.8 Å². The van der Waals surface area contributed by atoms with Gasteiger partial charge in [-0.15, -0.1) is 10.2 Å². The number of aromatic nitrogens is 7. The van der Waals surface area contributed by atoms with E-state index in [4.69, 9.17) is 0 Å². The van der Waals surface area contributed by atoms with Crippen LogP contribution in [-0.2, 0) is 20.1 Å². The van der Waals surface area contributed by atoms with E-state index in [0.29, 0.717) is 23.6 Å². The number of hydrogen-bond acceptors (Lipinski definition) is 7. The summed E-state index contributed by atoms with van der Waals surface area (Å²) < 4.78 is 3.89. The average Bonchev–Trinajstić information content (AvgIpc) is 3.45. The van der Waals surface area contributed by atoms with E-state index in [2.05, 4.69) is 35.8 Å². The van der Waals surface area contributed by atoms with Crippen molar-refractivity contribution in [1.82, 2.24) is 39.6 Å². The third-order valence-electron chi connectivity index (χ3n) is 5.17. The molecule has 1 unspecified atom stereocenters. The summed E-state index contributed by atoms with van der Waals surface area (Å²) in [6, 6.07) is 8.94. The Labute approximate surface area is 185 Å². The number of rotatable bonds is 8. The molecule has 4 aromatic rings. The number of anilines is 1. The molecular weight excluding hydrogens is 406 g/mol. The zero-order valence-electron chi connectivity index (χ0n) is 18.2. The lowest BCUT2D eigenvalue weighted by Gasteiger charge is -2.15. The van der Waals surface area contributed by atoms with Gasteiger partial charge in [0, 0.05) is 43.4 Å². The Morgan fingerprint density at radius 1 is 1.16 bits per heavy atom. The highest BCUT2D eigenvalue weighted by Gasteiger charge is 2.16. The van der Waals surface area contributed by atoms with Crippen LogP contribution in [0.1, 0.15) is 41.9 Å². The Morgan fingerprint density at radius 2 is 2.03 bits per heavy atom. The van der Waals surface area contributed by atoms with E-state index in [1.165, 1.54) is 6.33 Å². The van der Waals surface area contributed by atoms with Crippen LogP contribution in [0.25, 0.3) is 11.5 Å². The number of aryl methyl sites for hydroxylation is 1. The molecule has 10 heteroatoms. The highest BCUT2D eigenvalue weighted by Crippen LogP contribution is 2.17. The molecule has 1 amide bonds. The molecule has 2 N–H and O–H groups in total. The fourth-order valence-electron chi connectivity index (χ4n) is 3.43. The number of hydrogen-bond donors (Lipinski definition) is 2. The zero-order valence-corrected chi connectivity index (χ0v) is 18.2. The summed E-state index contributed by atoms with van der Waals surface area (Å²) in [7, 11) is 1.89. The molecule has 0 aliphatic rings. The summed E-state index contributed by atoms with van der Waals surface area (Å²) >= 11 is 0. The van der Waals surface area contributed by atoms with Gasteiger partial charge in [-0.3, -0.25) is 4.79 Å². The fraction of sp³-hybridized carbons (Fsp3) is 0.273. The van der Waals surface area contributed by atoms with E-state index >= 15 is 0 Å². The molecule has 10 nitrogen and oxygen atoms in total. The van der Waals surface area contributed by atoms with Crippen molar-refractivity contribution < 1.29 is 4.79 Å². The van der Waals surface area contributed by atoms with Crippen molar-refractivity contribution in [3.8, 4) is 11.5 Å². The maximum absolute atomic E-state index is 12.8. The van der Waals surface area contributed by atoms with Crippen LogP contribution in [0.15, 0.2) is 55.2 Å². The molecule has 0 aliphatic heterocycles. The van der Waals surface area contributed by atoms with Gasteiger partial charge in [-0.05, 0) is 38.1 Å². The second-order valence-corrected chi connectivity index (χ2v) is 7.29. The molecule has 0 saturated carbocycles. The highest BCUT2D eigenvalue weighted by molar-refractivity contribution is 5.95. The molecule has 0 radical (unpaired) electrons. The van der Waals surface area contributed by atoms with E-state index in [1.807, 2.05) is 54.4 Å². The SMILES string of the molecule is CCn1ccnc1C(C)NC(=O)c1cccc(NCc2nnc(-c3ccncn3)n2C)c1. The molecule has 164 valence electrons. The van der Waals surface area contributed by atoms with Crippen molar-refractivity contribution in [2.75, 3.05) is 5.32 Å². The van der Waals surface area contributed by atoms with E-state index in [0.717, 1.165) is 23.9 Å². The Morgan fingerprint density at radius 3 is 2.81 bits per heavy atom. The van der Waals surface area contributed by atoms with Gasteiger partial charge >= 0.3 is 0 Å². The van der Waals surface area contributed by atoms with Crippen LogP contribution in [0.3, 0.4) is 0 Å². The molecule has 32 heavy (non-hydrogen) atoms. The second kappa shape index (κ2) is 9.38. The quantitative estimate of drug-likeness (QED) is 0.440. The number of nitrogens with one attached hydrogen (secondary N) is 2. The number of imidazole rings is 1. The lowest BCUT2D eigenvalue weighted by Crippen LogP contribution is -2.28. The van der Waals surface area contributed by atoms with Crippen molar-refractivity contribution in [1.29, 1.82) is 0 Å². The molecule has 3 aromatic heterocycles. The van der Waals surface area contributed by atoms with Crippen LogP contribution >= 0.6 is 0 Å². The van der Waals surface area contributed by atoms with Crippen molar-refractivity contribution in [2.45, 2.75) is 33.0 Å². The minimum atomic E-state index is -0.201. The zero-order chi connectivity index (χ0) is 22.5. The van der Waals surface area contributed by atoms with E-state index < -0.39 is 0 Å². The van der Waals surface area contributed by atoms with Gasteiger partial charge in [0.1, 0.15) is 17.8 Å². The fourth-order valence-corrected chi connectivity index (χ4v) is 3.43. The first kappa shape index (κ1) is 21.2. The summed E-state index contributed by atoms with van der Waals surface area (Å²) in [6.07, 6.45) is 6.80. The molecule has 0 bridgehead atoms. The Hall–Kier alpha value is -4.08. The van der Waals surface area contributed by atoms with Gasteiger partial charge in [0.15, 0.2) is 11.6 Å². The summed E-state index contributed by atoms with van der Waals surface area (Å²) in [5.74, 6) is 2.08. The lowest BCUT2D eigenvalue weighted by atomic mass is 10.1. The van der Waals surface area contributed by atoms with E-state index in [1.54, 1.807) is 24.5 Å². The number of amides is 1. The lowest BCUT2D eigenvalue weighted by molar-refractivity contribution is 0.0937. The van der Waals surface area contributed by atoms with E-state index in [9.17, 15) is 4.79 Å². The van der Waals surface area contributed by atoms with Gasteiger partial charge in [0.2, 0.25) is 0 Å². The average molecular weight is 432 g/mol. The first-order valence-corrected chi connectivity index (χ1v) is 10.4. The van der Waals surface area contributed by atoms with Crippen LogP contribution in [0.4, 0.5) is 5.69 Å². The molecule has 1 aromatic carbocycles. The van der Waals surface area contributed by atoms with Crippen molar-refractivity contribution >= 4 is 11.6 Å². The normalized spacial score (nSPS) is 11.8. The monoisotopic (exact) mass is 431 g/mol. The predicted octanol–water partition coefficient (Wildman–Crippen LogP) is 2.59. The Balaban J connectivity index is 1.41. The largest absolute Gasteiger partial charge is 0.378 e. The number of carbonyl (C=O) groups excluding carboxylic acids is 1. The summed E-state index contributed by atoms with van der Waals surface area (Å²) in [6.45, 7) is 5.22. The van der Waals surface area contributed by atoms with Gasteiger partial charge in [0.25, 0.3) is 5.91 Å². The van der Waals surface area contributed by atoms with Crippen LogP contribution < -0.4 is 10.6 Å². The second-order valence-electron chi connectivity index (χ2n) is 7.29. The third kappa shape index (κ3) is 4.48. The summed E-state index contributed by atoms with van der Waals surface area (Å²) in [5.41, 5.74) is 2.08. The maximum Gasteiger partial charge on any atom is 0.251 e. The van der Waals surface area contributed by atoms with Gasteiger partial charge in [-0.2, -0.15) is 0 Å².